The molecule has 3 rings (SSSR count). The first-order valence-electron chi connectivity index (χ1n) is 7.65. The number of likely N-dealkylation sites (tertiary alicyclic amines) is 2. The molecule has 4 heteroatoms. The van der Waals surface area contributed by atoms with E-state index in [0.29, 0.717) is 24.4 Å². The predicted octanol–water partition coefficient (Wildman–Crippen LogP) is 1.70. The fourth-order valence-electron chi connectivity index (χ4n) is 4.11. The molecule has 0 unspecified atom stereocenters. The van der Waals surface area contributed by atoms with Gasteiger partial charge in [-0.2, -0.15) is 0 Å². The lowest BCUT2D eigenvalue weighted by atomic mass is 9.88. The van der Waals surface area contributed by atoms with Gasteiger partial charge in [0.25, 0.3) is 0 Å². The first-order valence-corrected chi connectivity index (χ1v) is 7.65. The molecular formula is C17H24N2O2. The van der Waals surface area contributed by atoms with Gasteiger partial charge >= 0.3 is 5.97 Å². The van der Waals surface area contributed by atoms with E-state index in [4.69, 9.17) is 4.74 Å². The molecule has 0 radical (unpaired) electrons. The predicted molar refractivity (Wildman–Crippen MR) is 82.0 cm³/mol. The summed E-state index contributed by atoms with van der Waals surface area (Å²) in [5.74, 6) is 1.14. The highest BCUT2D eigenvalue weighted by atomic mass is 16.5. The van der Waals surface area contributed by atoms with Crippen LogP contribution >= 0.6 is 0 Å². The van der Waals surface area contributed by atoms with Gasteiger partial charge in [0.1, 0.15) is 0 Å². The summed E-state index contributed by atoms with van der Waals surface area (Å²) in [6, 6.07) is 9.15. The van der Waals surface area contributed by atoms with E-state index in [2.05, 4.69) is 48.0 Å². The Kier molecular flexibility index (Phi) is 4.00. The van der Waals surface area contributed by atoms with Crippen molar-refractivity contribution in [1.29, 1.82) is 0 Å². The molecular weight excluding hydrogens is 264 g/mol. The van der Waals surface area contributed by atoms with Gasteiger partial charge < -0.3 is 4.74 Å². The third kappa shape index (κ3) is 2.70. The number of esters is 1. The molecule has 1 aromatic rings. The Morgan fingerprint density at radius 1 is 1.29 bits per heavy atom. The lowest BCUT2D eigenvalue weighted by Crippen LogP contribution is -2.33. The maximum absolute atomic E-state index is 11.5. The van der Waals surface area contributed by atoms with Crippen LogP contribution in [0.15, 0.2) is 24.3 Å². The van der Waals surface area contributed by atoms with Crippen molar-refractivity contribution in [3.63, 3.8) is 0 Å². The van der Waals surface area contributed by atoms with Crippen molar-refractivity contribution >= 4 is 5.97 Å². The molecule has 0 spiro atoms. The third-order valence-corrected chi connectivity index (χ3v) is 5.06. The number of rotatable bonds is 3. The van der Waals surface area contributed by atoms with Gasteiger partial charge in [-0.1, -0.05) is 24.3 Å². The normalized spacial score (nSPS) is 29.6. The summed E-state index contributed by atoms with van der Waals surface area (Å²) in [7, 11) is 3.68. The Morgan fingerprint density at radius 2 is 2.05 bits per heavy atom. The van der Waals surface area contributed by atoms with Crippen LogP contribution in [-0.4, -0.2) is 56.1 Å². The zero-order chi connectivity index (χ0) is 15.0. The van der Waals surface area contributed by atoms with E-state index >= 15 is 0 Å². The number of hydrogen-bond acceptors (Lipinski definition) is 4. The van der Waals surface area contributed by atoms with Gasteiger partial charge in [0.15, 0.2) is 0 Å². The zero-order valence-corrected chi connectivity index (χ0v) is 13.1. The van der Waals surface area contributed by atoms with Crippen molar-refractivity contribution < 1.29 is 9.53 Å². The molecule has 0 N–H and O–H groups in total. The van der Waals surface area contributed by atoms with E-state index in [1.807, 2.05) is 0 Å². The summed E-state index contributed by atoms with van der Waals surface area (Å²) in [6.45, 7) is 5.72. The van der Waals surface area contributed by atoms with E-state index in [9.17, 15) is 4.79 Å². The molecule has 2 heterocycles. The maximum Gasteiger partial charge on any atom is 0.319 e. The first-order chi connectivity index (χ1) is 10.1. The molecule has 2 fully saturated rings. The summed E-state index contributed by atoms with van der Waals surface area (Å²) in [5, 5.41) is 0. The monoisotopic (exact) mass is 288 g/mol. The average molecular weight is 288 g/mol. The van der Waals surface area contributed by atoms with Crippen LogP contribution in [-0.2, 0) is 9.53 Å². The van der Waals surface area contributed by atoms with Gasteiger partial charge in [-0.15, -0.1) is 0 Å². The second kappa shape index (κ2) is 5.78. The van der Waals surface area contributed by atoms with E-state index in [1.165, 1.54) is 18.2 Å². The number of methoxy groups -OCH3 is 1. The fourth-order valence-corrected chi connectivity index (χ4v) is 4.11. The third-order valence-electron chi connectivity index (χ3n) is 5.06. The summed E-state index contributed by atoms with van der Waals surface area (Å²) >= 11 is 0. The minimum Gasteiger partial charge on any atom is -0.468 e. The topological polar surface area (TPSA) is 32.8 Å². The van der Waals surface area contributed by atoms with Crippen molar-refractivity contribution in [2.24, 2.45) is 11.8 Å². The summed E-state index contributed by atoms with van der Waals surface area (Å²) in [4.78, 5) is 16.2. The summed E-state index contributed by atoms with van der Waals surface area (Å²) in [5.41, 5.74) is 2.80. The zero-order valence-electron chi connectivity index (χ0n) is 13.1. The second-order valence-electron chi connectivity index (χ2n) is 6.44. The maximum atomic E-state index is 11.5. The highest BCUT2D eigenvalue weighted by Gasteiger charge is 2.46. The van der Waals surface area contributed by atoms with E-state index in [-0.39, 0.29) is 5.97 Å². The summed E-state index contributed by atoms with van der Waals surface area (Å²) < 4.78 is 4.79. The smallest absolute Gasteiger partial charge is 0.319 e. The van der Waals surface area contributed by atoms with E-state index < -0.39 is 0 Å². The van der Waals surface area contributed by atoms with Crippen molar-refractivity contribution in [2.45, 2.75) is 13.0 Å². The standard InChI is InChI=1S/C17H24N2O2/c1-12-6-4-5-7-14(12)17-15-10-19(11-16(20)21-3)9-13(15)8-18(17)2/h4-7,13,15,17H,8-11H2,1-3H3/t13-,15+,17-/m0/s1. The van der Waals surface area contributed by atoms with Crippen LogP contribution in [0.3, 0.4) is 0 Å². The minimum absolute atomic E-state index is 0.129. The highest BCUT2D eigenvalue weighted by molar-refractivity contribution is 5.71. The lowest BCUT2D eigenvalue weighted by Gasteiger charge is -2.27. The minimum atomic E-state index is -0.129. The molecule has 2 saturated heterocycles. The first kappa shape index (κ1) is 14.5. The molecule has 1 aromatic carbocycles. The molecule has 0 aliphatic carbocycles. The molecule has 0 saturated carbocycles. The molecule has 4 nitrogen and oxygen atoms in total. The van der Waals surface area contributed by atoms with Crippen LogP contribution in [0.5, 0.6) is 0 Å². The number of nitrogens with zero attached hydrogens (tertiary/aromatic N) is 2. The molecule has 2 aliphatic rings. The number of fused-ring (bicyclic) bond motifs is 1. The quantitative estimate of drug-likeness (QED) is 0.793. The Morgan fingerprint density at radius 3 is 2.76 bits per heavy atom. The van der Waals surface area contributed by atoms with Crippen LogP contribution < -0.4 is 0 Å². The van der Waals surface area contributed by atoms with E-state index in [0.717, 1.165) is 19.6 Å². The molecule has 3 atom stereocenters. The van der Waals surface area contributed by atoms with Crippen molar-refractivity contribution in [3.05, 3.63) is 35.4 Å². The molecule has 0 bridgehead atoms. The lowest BCUT2D eigenvalue weighted by molar-refractivity contribution is -0.141. The van der Waals surface area contributed by atoms with Crippen LogP contribution in [0.1, 0.15) is 17.2 Å². The van der Waals surface area contributed by atoms with Gasteiger partial charge in [0, 0.05) is 25.7 Å². The number of carbonyl (C=O) groups is 1. The molecule has 0 amide bonds. The van der Waals surface area contributed by atoms with Crippen molar-refractivity contribution in [2.75, 3.05) is 40.3 Å². The van der Waals surface area contributed by atoms with E-state index in [1.54, 1.807) is 0 Å². The van der Waals surface area contributed by atoms with Crippen LogP contribution in [0.25, 0.3) is 0 Å². The fraction of sp³-hybridized carbons (Fsp3) is 0.588. The summed E-state index contributed by atoms with van der Waals surface area (Å²) in [6.07, 6.45) is 0. The molecule has 114 valence electrons. The number of ether oxygens (including phenoxy) is 1. The number of benzene rings is 1. The molecule has 0 aromatic heterocycles. The van der Waals surface area contributed by atoms with Crippen molar-refractivity contribution in [3.8, 4) is 0 Å². The average Bonchev–Trinajstić information content (AvgIpc) is 2.95. The Balaban J connectivity index is 1.77. The SMILES string of the molecule is COC(=O)CN1C[C@@H]2CN(C)[C@@H](c3ccccc3C)[C@@H]2C1. The van der Waals surface area contributed by atoms with Gasteiger partial charge in [0.2, 0.25) is 0 Å². The van der Waals surface area contributed by atoms with Gasteiger partial charge in [0.05, 0.1) is 13.7 Å². The van der Waals surface area contributed by atoms with Gasteiger partial charge in [-0.25, -0.2) is 0 Å². The van der Waals surface area contributed by atoms with Crippen LogP contribution in [0, 0.1) is 18.8 Å². The van der Waals surface area contributed by atoms with Gasteiger partial charge in [-0.3, -0.25) is 14.6 Å². The Hall–Kier alpha value is -1.39. The highest BCUT2D eigenvalue weighted by Crippen LogP contribution is 2.44. The Bertz CT molecular complexity index is 531. The molecule has 2 aliphatic heterocycles. The second-order valence-corrected chi connectivity index (χ2v) is 6.44. The number of carbonyl (C=O) groups excluding carboxylic acids is 1. The largest absolute Gasteiger partial charge is 0.468 e. The van der Waals surface area contributed by atoms with Crippen molar-refractivity contribution in [1.82, 2.24) is 9.80 Å². The van der Waals surface area contributed by atoms with Crippen LogP contribution in [0.2, 0.25) is 0 Å². The van der Waals surface area contributed by atoms with Gasteiger partial charge in [-0.05, 0) is 36.9 Å². The molecule has 21 heavy (non-hydrogen) atoms. The number of hydrogen-bond donors (Lipinski definition) is 0. The van der Waals surface area contributed by atoms with Crippen LogP contribution in [0.4, 0.5) is 0 Å². The Labute approximate surface area is 126 Å². The number of aryl methyl sites for hydroxylation is 1.